The third kappa shape index (κ3) is 0.513. The fourth-order valence-electron chi connectivity index (χ4n) is 0.444. The van der Waals surface area contributed by atoms with Crippen molar-refractivity contribution < 1.29 is 4.28 Å². The van der Waals surface area contributed by atoms with Gasteiger partial charge in [0.1, 0.15) is 9.80 Å². The molecule has 42 valence electrons. The van der Waals surface area contributed by atoms with E-state index in [1.54, 1.807) is 12.4 Å². The molecule has 2 heterocycles. The van der Waals surface area contributed by atoms with Crippen molar-refractivity contribution in [2.24, 2.45) is 9.55 Å². The van der Waals surface area contributed by atoms with Gasteiger partial charge in [-0.15, -0.1) is 0 Å². The summed E-state index contributed by atoms with van der Waals surface area (Å²) in [4.78, 5) is 1.09. The van der Waals surface area contributed by atoms with Crippen LogP contribution in [0.4, 0.5) is 0 Å². The molecule has 0 radical (unpaired) electrons. The Hall–Kier alpha value is -0.290. The summed E-state index contributed by atoms with van der Waals surface area (Å²) in [7, 11) is 1.25. The standard InChI is InChI=1S/C3H2N2OS2/c1-3-2-5-7-8(3)6-4-1/h1-2H. The van der Waals surface area contributed by atoms with Crippen molar-refractivity contribution in [1.29, 1.82) is 0 Å². The second-order valence-electron chi connectivity index (χ2n) is 1.26. The van der Waals surface area contributed by atoms with Crippen molar-refractivity contribution in [1.82, 2.24) is 0 Å². The Kier molecular flexibility index (Phi) is 0.913. The van der Waals surface area contributed by atoms with Gasteiger partial charge in [0.2, 0.25) is 0 Å². The van der Waals surface area contributed by atoms with Gasteiger partial charge in [0.15, 0.2) is 0 Å². The fraction of sp³-hybridized carbons (Fsp3) is 0. The van der Waals surface area contributed by atoms with Crippen LogP contribution < -0.4 is 0 Å². The molecular formula is C3H2N2OS2. The highest BCUT2D eigenvalue weighted by Gasteiger charge is 2.14. The molecule has 3 nitrogen and oxygen atoms in total. The van der Waals surface area contributed by atoms with Gasteiger partial charge in [0.25, 0.3) is 0 Å². The highest BCUT2D eigenvalue weighted by atomic mass is 33.1. The summed E-state index contributed by atoms with van der Waals surface area (Å²) in [6, 6.07) is 0. The molecule has 0 aromatic carbocycles. The molecule has 0 saturated carbocycles. The van der Waals surface area contributed by atoms with E-state index < -0.39 is 0 Å². The van der Waals surface area contributed by atoms with E-state index in [1.165, 1.54) is 11.0 Å². The van der Waals surface area contributed by atoms with Crippen molar-refractivity contribution in [3.05, 3.63) is 0 Å². The lowest BCUT2D eigenvalue weighted by Crippen LogP contribution is -1.91. The minimum Gasteiger partial charge on any atom is -0.318 e. The van der Waals surface area contributed by atoms with Crippen LogP contribution in [0.15, 0.2) is 9.55 Å². The Morgan fingerprint density at radius 3 is 3.50 bits per heavy atom. The monoisotopic (exact) mass is 146 g/mol. The average molecular weight is 146 g/mol. The molecule has 0 aromatic heterocycles. The van der Waals surface area contributed by atoms with Gasteiger partial charge in [0, 0.05) is 0 Å². The van der Waals surface area contributed by atoms with Crippen LogP contribution in [0.1, 0.15) is 0 Å². The number of rotatable bonds is 0. The van der Waals surface area contributed by atoms with E-state index in [2.05, 4.69) is 9.55 Å². The summed E-state index contributed by atoms with van der Waals surface area (Å²) in [5, 5.41) is 3.61. The molecule has 5 heteroatoms. The van der Waals surface area contributed by atoms with Gasteiger partial charge in [-0.2, -0.15) is 0 Å². The predicted molar refractivity (Wildman–Crippen MR) is 38.3 cm³/mol. The van der Waals surface area contributed by atoms with Crippen molar-refractivity contribution in [2.75, 3.05) is 0 Å². The first-order valence-corrected chi connectivity index (χ1v) is 4.44. The molecule has 1 atom stereocenters. The lowest BCUT2D eigenvalue weighted by Gasteiger charge is -1.87. The summed E-state index contributed by atoms with van der Waals surface area (Å²) in [5.74, 6) is 0. The van der Waals surface area contributed by atoms with E-state index in [4.69, 9.17) is 4.28 Å². The van der Waals surface area contributed by atoms with E-state index in [1.807, 2.05) is 0 Å². The number of oxime groups is 1. The Labute approximate surface area is 52.5 Å². The van der Waals surface area contributed by atoms with Gasteiger partial charge in [0.05, 0.1) is 28.3 Å². The highest BCUT2D eigenvalue weighted by molar-refractivity contribution is 8.82. The highest BCUT2D eigenvalue weighted by Crippen LogP contribution is 2.39. The van der Waals surface area contributed by atoms with Gasteiger partial charge in [-0.05, 0) is 0 Å². The fourth-order valence-corrected chi connectivity index (χ4v) is 2.40. The topological polar surface area (TPSA) is 34.0 Å². The van der Waals surface area contributed by atoms with Crippen molar-refractivity contribution in [2.45, 2.75) is 0 Å². The largest absolute Gasteiger partial charge is 0.318 e. The van der Waals surface area contributed by atoms with Crippen molar-refractivity contribution in [3.8, 4) is 0 Å². The molecule has 0 amide bonds. The first kappa shape index (κ1) is 4.58. The zero-order valence-corrected chi connectivity index (χ0v) is 5.41. The Morgan fingerprint density at radius 1 is 1.62 bits per heavy atom. The van der Waals surface area contributed by atoms with E-state index in [0.29, 0.717) is 0 Å². The zero-order chi connectivity index (χ0) is 5.40. The molecule has 2 rings (SSSR count). The quantitative estimate of drug-likeness (QED) is 0.290. The molecule has 0 N–H and O–H groups in total. The van der Waals surface area contributed by atoms with Crippen molar-refractivity contribution >= 4 is 38.1 Å². The third-order valence-corrected chi connectivity index (χ3v) is 3.34. The number of nitrogens with zero attached hydrogens (tertiary/aromatic N) is 2. The van der Waals surface area contributed by atoms with Crippen molar-refractivity contribution in [3.63, 3.8) is 0 Å². The molecule has 2 aliphatic rings. The molecule has 2 aliphatic heterocycles. The minimum absolute atomic E-state index is 0.179. The zero-order valence-electron chi connectivity index (χ0n) is 3.77. The lowest BCUT2D eigenvalue weighted by molar-refractivity contribution is 0.417. The maximum atomic E-state index is 4.88. The van der Waals surface area contributed by atoms with Gasteiger partial charge >= 0.3 is 0 Å². The molecule has 0 saturated heterocycles. The van der Waals surface area contributed by atoms with Crippen LogP contribution in [0.5, 0.6) is 0 Å². The molecule has 0 fully saturated rings. The SMILES string of the molecule is C1=NOS2=C1C=NS2. The Balaban J connectivity index is 2.43. The molecule has 0 aromatic rings. The van der Waals surface area contributed by atoms with Crippen LogP contribution in [0.25, 0.3) is 0 Å². The third-order valence-electron chi connectivity index (χ3n) is 0.774. The summed E-state index contributed by atoms with van der Waals surface area (Å²) < 4.78 is 8.79. The van der Waals surface area contributed by atoms with Gasteiger partial charge < -0.3 is 4.28 Å². The van der Waals surface area contributed by atoms with Crippen LogP contribution in [0, 0.1) is 0 Å². The van der Waals surface area contributed by atoms with Gasteiger partial charge in [-0.25, -0.2) is 4.40 Å². The molecular weight excluding hydrogens is 144 g/mol. The summed E-state index contributed by atoms with van der Waals surface area (Å²) in [5.41, 5.74) is 0. The van der Waals surface area contributed by atoms with E-state index in [-0.39, 0.29) is 9.80 Å². The predicted octanol–water partition coefficient (Wildman–Crippen LogP) is 1.01. The second-order valence-corrected chi connectivity index (χ2v) is 4.06. The van der Waals surface area contributed by atoms with Crippen LogP contribution >= 0.6 is 20.8 Å². The minimum atomic E-state index is -0.179. The average Bonchev–Trinajstić information content (AvgIpc) is 2.15. The summed E-state index contributed by atoms with van der Waals surface area (Å²) in [6.07, 6.45) is 3.48. The van der Waals surface area contributed by atoms with E-state index in [9.17, 15) is 0 Å². The van der Waals surface area contributed by atoms with Gasteiger partial charge in [-0.1, -0.05) is 5.16 Å². The lowest BCUT2D eigenvalue weighted by atomic mass is 10.5. The molecule has 0 spiro atoms. The number of hydrogen-bond donors (Lipinski definition) is 0. The summed E-state index contributed by atoms with van der Waals surface area (Å²) in [6.45, 7) is 0. The van der Waals surface area contributed by atoms with E-state index in [0.717, 1.165) is 4.86 Å². The van der Waals surface area contributed by atoms with Gasteiger partial charge in [-0.3, -0.25) is 0 Å². The van der Waals surface area contributed by atoms with Crippen LogP contribution in [-0.4, -0.2) is 17.3 Å². The Bertz CT molecular complexity index is 187. The number of hydrogen-bond acceptors (Lipinski definition) is 4. The van der Waals surface area contributed by atoms with Crippen LogP contribution in [-0.2, 0) is 4.28 Å². The van der Waals surface area contributed by atoms with Crippen LogP contribution in [0.3, 0.4) is 0 Å². The maximum absolute atomic E-state index is 4.88. The molecule has 8 heavy (non-hydrogen) atoms. The normalized spacial score (nSPS) is 31.0. The maximum Gasteiger partial charge on any atom is 0.117 e. The first-order valence-electron chi connectivity index (χ1n) is 2.00. The Morgan fingerprint density at radius 2 is 2.62 bits per heavy atom. The molecule has 0 aliphatic carbocycles. The van der Waals surface area contributed by atoms with E-state index >= 15 is 0 Å². The second kappa shape index (κ2) is 1.60. The molecule has 0 bridgehead atoms. The summed E-state index contributed by atoms with van der Waals surface area (Å²) >= 11 is 0. The van der Waals surface area contributed by atoms with Crippen LogP contribution in [0.2, 0.25) is 0 Å². The first-order chi connectivity index (χ1) is 3.97. The smallest absolute Gasteiger partial charge is 0.117 e. The molecule has 1 unspecified atom stereocenters.